The van der Waals surface area contributed by atoms with Gasteiger partial charge in [-0.15, -0.1) is 0 Å². The van der Waals surface area contributed by atoms with Gasteiger partial charge in [-0.05, 0) is 31.0 Å². The Morgan fingerprint density at radius 1 is 1.32 bits per heavy atom. The van der Waals surface area contributed by atoms with Crippen molar-refractivity contribution in [1.82, 2.24) is 15.0 Å². The van der Waals surface area contributed by atoms with Crippen molar-refractivity contribution in [2.24, 2.45) is 0 Å². The van der Waals surface area contributed by atoms with E-state index in [4.69, 9.17) is 4.52 Å². The minimum Gasteiger partial charge on any atom is -0.339 e. The number of hydrogen-bond donors (Lipinski definition) is 1. The van der Waals surface area contributed by atoms with Gasteiger partial charge in [0.15, 0.2) is 5.82 Å². The van der Waals surface area contributed by atoms with Crippen LogP contribution in [0.1, 0.15) is 50.9 Å². The number of para-hydroxylation sites is 1. The van der Waals surface area contributed by atoms with Crippen LogP contribution in [0, 0.1) is 0 Å². The number of rotatable bonds is 2. The Bertz CT molecular complexity index is 808. The summed E-state index contributed by atoms with van der Waals surface area (Å²) in [5, 5.41) is 7.18. The molecular formula is C19H24N4O2. The topological polar surface area (TPSA) is 71.3 Å². The van der Waals surface area contributed by atoms with Crippen molar-refractivity contribution < 1.29 is 9.32 Å². The summed E-state index contributed by atoms with van der Waals surface area (Å²) in [7, 11) is 0. The number of likely N-dealkylation sites (tertiary alicyclic amines) is 1. The molecule has 1 spiro atoms. The smallest absolute Gasteiger partial charge is 0.236 e. The lowest BCUT2D eigenvalue weighted by molar-refractivity contribution is -0.123. The highest BCUT2D eigenvalue weighted by molar-refractivity contribution is 6.06. The van der Waals surface area contributed by atoms with Gasteiger partial charge in [0.1, 0.15) is 0 Å². The van der Waals surface area contributed by atoms with Gasteiger partial charge in [-0.3, -0.25) is 9.69 Å². The highest BCUT2D eigenvalue weighted by Crippen LogP contribution is 2.43. The standard InChI is InChI=1S/C19H24N4O2/c1-18(2,3)17-21-15(22-25-17)11-23-10-6-9-19(12-23)13-7-4-5-8-14(13)20-16(19)24/h4-5,7-8H,6,9-12H2,1-3H3,(H,20,24)/t19-/m0/s1. The second-order valence-electron chi connectivity index (χ2n) is 8.16. The number of nitrogens with zero attached hydrogens (tertiary/aromatic N) is 3. The summed E-state index contributed by atoms with van der Waals surface area (Å²) in [5.74, 6) is 1.45. The van der Waals surface area contributed by atoms with E-state index in [0.717, 1.165) is 30.6 Å². The lowest BCUT2D eigenvalue weighted by Crippen LogP contribution is -2.49. The quantitative estimate of drug-likeness (QED) is 0.910. The normalized spacial score (nSPS) is 23.7. The predicted molar refractivity (Wildman–Crippen MR) is 94.3 cm³/mol. The van der Waals surface area contributed by atoms with Gasteiger partial charge >= 0.3 is 0 Å². The summed E-state index contributed by atoms with van der Waals surface area (Å²) >= 11 is 0. The highest BCUT2D eigenvalue weighted by Gasteiger charge is 2.49. The van der Waals surface area contributed by atoms with Crippen LogP contribution in [0.15, 0.2) is 28.8 Å². The minimum absolute atomic E-state index is 0.113. The number of anilines is 1. The first-order chi connectivity index (χ1) is 11.9. The summed E-state index contributed by atoms with van der Waals surface area (Å²) in [6, 6.07) is 8.03. The van der Waals surface area contributed by atoms with Crippen LogP contribution < -0.4 is 5.32 Å². The predicted octanol–water partition coefficient (Wildman–Crippen LogP) is 2.85. The van der Waals surface area contributed by atoms with Gasteiger partial charge in [-0.2, -0.15) is 4.98 Å². The first-order valence-corrected chi connectivity index (χ1v) is 8.85. The van der Waals surface area contributed by atoms with E-state index >= 15 is 0 Å². The summed E-state index contributed by atoms with van der Waals surface area (Å²) in [4.78, 5) is 19.6. The number of carbonyl (C=O) groups excluding carboxylic acids is 1. The Labute approximate surface area is 147 Å². The third-order valence-electron chi connectivity index (χ3n) is 5.17. The number of hydrogen-bond acceptors (Lipinski definition) is 5. The number of aromatic nitrogens is 2. The van der Waals surface area contributed by atoms with E-state index in [2.05, 4.69) is 47.2 Å². The van der Waals surface area contributed by atoms with Crippen LogP contribution in [-0.4, -0.2) is 34.0 Å². The van der Waals surface area contributed by atoms with Gasteiger partial charge < -0.3 is 9.84 Å². The second-order valence-corrected chi connectivity index (χ2v) is 8.16. The molecule has 25 heavy (non-hydrogen) atoms. The van der Waals surface area contributed by atoms with Crippen LogP contribution in [0.2, 0.25) is 0 Å². The number of nitrogens with one attached hydrogen (secondary N) is 1. The van der Waals surface area contributed by atoms with Crippen LogP contribution in [0.4, 0.5) is 5.69 Å². The average Bonchev–Trinajstić information content (AvgIpc) is 3.13. The maximum Gasteiger partial charge on any atom is 0.236 e. The number of piperidine rings is 1. The lowest BCUT2D eigenvalue weighted by atomic mass is 9.75. The number of carbonyl (C=O) groups is 1. The van der Waals surface area contributed by atoms with E-state index in [9.17, 15) is 4.79 Å². The third kappa shape index (κ3) is 2.74. The second kappa shape index (κ2) is 5.66. The monoisotopic (exact) mass is 340 g/mol. The first-order valence-electron chi connectivity index (χ1n) is 8.85. The molecule has 4 rings (SSSR count). The Morgan fingerprint density at radius 3 is 2.88 bits per heavy atom. The molecule has 1 saturated heterocycles. The maximum atomic E-state index is 12.8. The summed E-state index contributed by atoms with van der Waals surface area (Å²) in [5.41, 5.74) is 1.46. The molecule has 1 atom stereocenters. The Kier molecular flexibility index (Phi) is 3.68. The van der Waals surface area contributed by atoms with Crippen molar-refractivity contribution in [3.05, 3.63) is 41.5 Å². The molecule has 2 aromatic rings. The molecule has 1 N–H and O–H groups in total. The fraction of sp³-hybridized carbons (Fsp3) is 0.526. The first kappa shape index (κ1) is 16.3. The Morgan fingerprint density at radius 2 is 2.12 bits per heavy atom. The number of benzene rings is 1. The van der Waals surface area contributed by atoms with Gasteiger partial charge in [0, 0.05) is 17.6 Å². The van der Waals surface area contributed by atoms with Crippen LogP contribution in [0.3, 0.4) is 0 Å². The fourth-order valence-electron chi connectivity index (χ4n) is 3.88. The Balaban J connectivity index is 1.56. The van der Waals surface area contributed by atoms with E-state index in [-0.39, 0.29) is 11.3 Å². The lowest BCUT2D eigenvalue weighted by Gasteiger charge is -2.38. The van der Waals surface area contributed by atoms with Gasteiger partial charge in [0.2, 0.25) is 11.8 Å². The van der Waals surface area contributed by atoms with E-state index in [1.807, 2.05) is 18.2 Å². The zero-order chi connectivity index (χ0) is 17.7. The van der Waals surface area contributed by atoms with Gasteiger partial charge in [-0.25, -0.2) is 0 Å². The van der Waals surface area contributed by atoms with Crippen molar-refractivity contribution in [1.29, 1.82) is 0 Å². The molecule has 132 valence electrons. The van der Waals surface area contributed by atoms with Gasteiger partial charge in [-0.1, -0.05) is 44.1 Å². The third-order valence-corrected chi connectivity index (χ3v) is 5.17. The molecule has 1 aromatic heterocycles. The van der Waals surface area contributed by atoms with Crippen LogP contribution in [0.25, 0.3) is 0 Å². The molecule has 0 saturated carbocycles. The van der Waals surface area contributed by atoms with Crippen LogP contribution in [0.5, 0.6) is 0 Å². The molecule has 6 heteroatoms. The molecule has 2 aliphatic heterocycles. The maximum absolute atomic E-state index is 12.8. The molecule has 0 unspecified atom stereocenters. The van der Waals surface area contributed by atoms with E-state index in [1.54, 1.807) is 0 Å². The van der Waals surface area contributed by atoms with Crippen molar-refractivity contribution in [2.75, 3.05) is 18.4 Å². The molecule has 0 bridgehead atoms. The minimum atomic E-state index is -0.453. The molecule has 0 radical (unpaired) electrons. The Hall–Kier alpha value is -2.21. The summed E-state index contributed by atoms with van der Waals surface area (Å²) < 4.78 is 5.40. The zero-order valence-corrected chi connectivity index (χ0v) is 15.0. The van der Waals surface area contributed by atoms with Crippen molar-refractivity contribution in [3.8, 4) is 0 Å². The molecule has 0 aliphatic carbocycles. The summed E-state index contributed by atoms with van der Waals surface area (Å²) in [6.45, 7) is 8.41. The van der Waals surface area contributed by atoms with Gasteiger partial charge in [0.25, 0.3) is 0 Å². The molecule has 1 fully saturated rings. The van der Waals surface area contributed by atoms with Crippen molar-refractivity contribution in [3.63, 3.8) is 0 Å². The summed E-state index contributed by atoms with van der Waals surface area (Å²) in [6.07, 6.45) is 1.86. The van der Waals surface area contributed by atoms with E-state index in [0.29, 0.717) is 24.8 Å². The SMILES string of the molecule is CC(C)(C)c1nc(CN2CCC[C@@]3(C2)C(=O)Nc2ccccc23)no1. The molecular weight excluding hydrogens is 316 g/mol. The highest BCUT2D eigenvalue weighted by atomic mass is 16.5. The van der Waals surface area contributed by atoms with Crippen molar-refractivity contribution in [2.45, 2.75) is 51.0 Å². The zero-order valence-electron chi connectivity index (χ0n) is 15.0. The van der Waals surface area contributed by atoms with E-state index in [1.165, 1.54) is 0 Å². The van der Waals surface area contributed by atoms with Gasteiger partial charge in [0.05, 0.1) is 12.0 Å². The van der Waals surface area contributed by atoms with E-state index < -0.39 is 5.41 Å². The molecule has 1 amide bonds. The fourth-order valence-corrected chi connectivity index (χ4v) is 3.88. The molecule has 2 aliphatic rings. The molecule has 1 aromatic carbocycles. The average molecular weight is 340 g/mol. The number of amides is 1. The largest absolute Gasteiger partial charge is 0.339 e. The number of fused-ring (bicyclic) bond motifs is 2. The molecule has 3 heterocycles. The van der Waals surface area contributed by atoms with Crippen LogP contribution >= 0.6 is 0 Å². The van der Waals surface area contributed by atoms with Crippen molar-refractivity contribution >= 4 is 11.6 Å². The van der Waals surface area contributed by atoms with Crippen LogP contribution in [-0.2, 0) is 22.2 Å². The molecule has 6 nitrogen and oxygen atoms in total.